The van der Waals surface area contributed by atoms with Gasteiger partial charge in [-0.1, -0.05) is 33.3 Å². The number of hydrogen-bond acceptors (Lipinski definition) is 6. The number of aliphatic hydroxyl groups is 2. The number of H-pyrrole nitrogens is 2. The maximum atomic E-state index is 12.5. The lowest BCUT2D eigenvalue weighted by molar-refractivity contribution is -0.138. The number of hydrogen-bond donors (Lipinski definition) is 8. The predicted molar refractivity (Wildman–Crippen MR) is 166 cm³/mol. The lowest BCUT2D eigenvalue weighted by Crippen LogP contribution is -2.34. The molecule has 4 rings (SSSR count). The van der Waals surface area contributed by atoms with E-state index in [1.165, 1.54) is 0 Å². The molecule has 44 heavy (non-hydrogen) atoms. The molecule has 2 aliphatic rings. The minimum absolute atomic E-state index is 0.0115. The van der Waals surface area contributed by atoms with Gasteiger partial charge in [0.25, 0.3) is 0 Å². The molecular weight excluding hydrogens is 564 g/mol. The Bertz CT molecular complexity index is 1580. The van der Waals surface area contributed by atoms with Crippen molar-refractivity contribution in [2.45, 2.75) is 98.4 Å². The standard InChI is InChI=1S/C33H46N4O7/c1-7-19-18(6)32(43)37-30(19)31(42)29-17(5)22(10-12-28(40)41)26(35-29)14-25-21(9-11-27(38)39)16(4)23(34-25)13-24-15(3)20(8-2)33(44)36-24/h8,14-15,18-19,24,30,33-36,42,44H,7,9-13H2,1-6H3,(H,37,43)(H,38,39)(H,40,41)/b20-8+,26-14-,31-29-/t15?,18-,19-,24-,30?,33?/m1/s1. The summed E-state index contributed by atoms with van der Waals surface area (Å²) in [6.07, 6.45) is 4.68. The number of carboxylic acid groups (broad SMARTS) is 2. The van der Waals surface area contributed by atoms with Crippen molar-refractivity contribution in [3.63, 3.8) is 0 Å². The maximum absolute atomic E-state index is 12.5. The quantitative estimate of drug-likeness (QED) is 0.178. The zero-order chi connectivity index (χ0) is 32.5. The summed E-state index contributed by atoms with van der Waals surface area (Å²) in [5.41, 5.74) is 5.76. The van der Waals surface area contributed by atoms with Crippen LogP contribution in [0.4, 0.5) is 0 Å². The number of amides is 1. The van der Waals surface area contributed by atoms with Crippen molar-refractivity contribution in [2.24, 2.45) is 17.8 Å². The predicted octanol–water partition coefficient (Wildman–Crippen LogP) is 2.06. The van der Waals surface area contributed by atoms with Gasteiger partial charge in [0.1, 0.15) is 12.0 Å². The van der Waals surface area contributed by atoms with E-state index >= 15 is 0 Å². The average Bonchev–Trinajstić information content (AvgIpc) is 3.62. The smallest absolute Gasteiger partial charge is 0.303 e. The van der Waals surface area contributed by atoms with E-state index in [2.05, 4.69) is 27.5 Å². The summed E-state index contributed by atoms with van der Waals surface area (Å²) >= 11 is 0. The number of carbonyl (C=O) groups is 3. The van der Waals surface area contributed by atoms with E-state index in [-0.39, 0.29) is 54.7 Å². The van der Waals surface area contributed by atoms with E-state index < -0.39 is 24.2 Å². The lowest BCUT2D eigenvalue weighted by Gasteiger charge is -2.18. The number of aromatic amines is 2. The van der Waals surface area contributed by atoms with Crippen LogP contribution in [0, 0.1) is 31.6 Å². The van der Waals surface area contributed by atoms with Crippen LogP contribution in [0.5, 0.6) is 0 Å². The number of carboxylic acids is 2. The Balaban J connectivity index is 1.86. The number of allylic oxidation sites excluding steroid dienone is 1. The molecule has 1 amide bonds. The fourth-order valence-corrected chi connectivity index (χ4v) is 7.02. The second kappa shape index (κ2) is 13.4. The van der Waals surface area contributed by atoms with Crippen molar-refractivity contribution in [1.29, 1.82) is 0 Å². The highest BCUT2D eigenvalue weighted by Gasteiger charge is 2.41. The highest BCUT2D eigenvalue weighted by Crippen LogP contribution is 2.31. The molecule has 240 valence electrons. The third-order valence-corrected chi connectivity index (χ3v) is 9.77. The van der Waals surface area contributed by atoms with Gasteiger partial charge >= 0.3 is 11.9 Å². The highest BCUT2D eigenvalue weighted by atomic mass is 16.4. The molecule has 0 aromatic carbocycles. The molecule has 2 saturated heterocycles. The van der Waals surface area contributed by atoms with Crippen LogP contribution in [0.15, 0.2) is 11.6 Å². The van der Waals surface area contributed by atoms with E-state index in [9.17, 15) is 34.8 Å². The van der Waals surface area contributed by atoms with Crippen LogP contribution in [0.2, 0.25) is 0 Å². The molecular formula is C33H46N4O7. The number of nitrogens with one attached hydrogen (secondary N) is 4. The molecule has 11 nitrogen and oxygen atoms in total. The minimum Gasteiger partial charge on any atom is -0.508 e. The third kappa shape index (κ3) is 6.49. The Morgan fingerprint density at radius 2 is 1.57 bits per heavy atom. The number of aromatic nitrogens is 2. The zero-order valence-corrected chi connectivity index (χ0v) is 26.4. The molecule has 3 unspecified atom stereocenters. The van der Waals surface area contributed by atoms with Gasteiger partial charge in [0.05, 0.1) is 11.4 Å². The molecule has 0 spiro atoms. The summed E-state index contributed by atoms with van der Waals surface area (Å²) < 4.78 is 0. The minimum atomic E-state index is -0.949. The van der Waals surface area contributed by atoms with Gasteiger partial charge in [-0.2, -0.15) is 0 Å². The molecule has 0 radical (unpaired) electrons. The normalized spacial score (nSPS) is 27.3. The largest absolute Gasteiger partial charge is 0.508 e. The number of aliphatic hydroxyl groups excluding tert-OH is 2. The van der Waals surface area contributed by atoms with E-state index in [4.69, 9.17) is 0 Å². The molecule has 2 aromatic rings. The monoisotopic (exact) mass is 610 g/mol. The molecule has 2 aromatic heterocycles. The Morgan fingerprint density at radius 3 is 2.14 bits per heavy atom. The summed E-state index contributed by atoms with van der Waals surface area (Å²) in [5.74, 6) is -2.21. The third-order valence-electron chi connectivity index (χ3n) is 9.77. The van der Waals surface area contributed by atoms with E-state index in [0.29, 0.717) is 41.2 Å². The molecule has 6 atom stereocenters. The Kier molecular flexibility index (Phi) is 10.1. The van der Waals surface area contributed by atoms with Crippen LogP contribution < -0.4 is 21.3 Å². The molecule has 4 heterocycles. The van der Waals surface area contributed by atoms with Crippen LogP contribution >= 0.6 is 0 Å². The van der Waals surface area contributed by atoms with Gasteiger partial charge in [-0.25, -0.2) is 0 Å². The fraction of sp³-hybridized carbons (Fsp3) is 0.545. The number of carbonyl (C=O) groups excluding carboxylic acids is 1. The number of rotatable bonds is 11. The Hall–Kier alpha value is -3.83. The van der Waals surface area contributed by atoms with Crippen molar-refractivity contribution < 1.29 is 34.8 Å². The van der Waals surface area contributed by atoms with Crippen molar-refractivity contribution >= 4 is 29.7 Å². The second-order valence-corrected chi connectivity index (χ2v) is 12.3. The van der Waals surface area contributed by atoms with Crippen LogP contribution in [-0.2, 0) is 33.6 Å². The summed E-state index contributed by atoms with van der Waals surface area (Å²) in [6, 6.07) is -0.593. The molecule has 0 saturated carbocycles. The second-order valence-electron chi connectivity index (χ2n) is 12.3. The maximum Gasteiger partial charge on any atom is 0.303 e. The molecule has 0 aliphatic carbocycles. The number of aliphatic carboxylic acids is 2. The van der Waals surface area contributed by atoms with Crippen LogP contribution in [-0.4, -0.2) is 66.6 Å². The highest BCUT2D eigenvalue weighted by molar-refractivity contribution is 5.83. The van der Waals surface area contributed by atoms with Crippen molar-refractivity contribution in [1.82, 2.24) is 20.6 Å². The first kappa shape index (κ1) is 33.1. The molecule has 2 aliphatic heterocycles. The van der Waals surface area contributed by atoms with Gasteiger partial charge in [-0.15, -0.1) is 0 Å². The van der Waals surface area contributed by atoms with Gasteiger partial charge in [-0.3, -0.25) is 19.7 Å². The van der Waals surface area contributed by atoms with Gasteiger partial charge in [0.2, 0.25) is 5.91 Å². The first-order valence-corrected chi connectivity index (χ1v) is 15.5. The first-order valence-electron chi connectivity index (χ1n) is 15.5. The van der Waals surface area contributed by atoms with E-state index in [1.807, 2.05) is 46.8 Å². The van der Waals surface area contributed by atoms with Crippen LogP contribution in [0.25, 0.3) is 11.8 Å². The summed E-state index contributed by atoms with van der Waals surface area (Å²) in [7, 11) is 0. The van der Waals surface area contributed by atoms with Gasteiger partial charge < -0.3 is 35.7 Å². The van der Waals surface area contributed by atoms with Crippen molar-refractivity contribution in [3.05, 3.63) is 56.0 Å². The SMILES string of the molecule is C/C=C1/C(O)N[C@H](Cc2[nH]c(/C=c3\[nH]/c(=C(\O)C4NC(=O)[C@H](C)[C@H]4CC)c(C)c3CCC(=O)O)c(CCC(=O)O)c2C)C1C. The summed E-state index contributed by atoms with van der Waals surface area (Å²) in [4.78, 5) is 42.4. The molecule has 11 heteroatoms. The fourth-order valence-electron chi connectivity index (χ4n) is 7.02. The first-order chi connectivity index (χ1) is 20.8. The molecule has 0 bridgehead atoms. The van der Waals surface area contributed by atoms with Crippen molar-refractivity contribution in [3.8, 4) is 0 Å². The van der Waals surface area contributed by atoms with Gasteiger partial charge in [0, 0.05) is 48.0 Å². The Labute approximate surface area is 257 Å². The zero-order valence-electron chi connectivity index (χ0n) is 26.4. The average molecular weight is 611 g/mol. The van der Waals surface area contributed by atoms with Gasteiger partial charge in [0.15, 0.2) is 0 Å². The van der Waals surface area contributed by atoms with Crippen molar-refractivity contribution in [2.75, 3.05) is 0 Å². The lowest BCUT2D eigenvalue weighted by atomic mass is 9.88. The molecule has 8 N–H and O–H groups in total. The van der Waals surface area contributed by atoms with E-state index in [0.717, 1.165) is 28.0 Å². The van der Waals surface area contributed by atoms with Gasteiger partial charge in [-0.05, 0) is 79.4 Å². The Morgan fingerprint density at radius 1 is 0.932 bits per heavy atom. The molecule has 2 fully saturated rings. The topological polar surface area (TPSA) is 188 Å². The van der Waals surface area contributed by atoms with E-state index in [1.54, 1.807) is 0 Å². The summed E-state index contributed by atoms with van der Waals surface area (Å²) in [6.45, 7) is 11.6. The van der Waals surface area contributed by atoms with Crippen LogP contribution in [0.3, 0.4) is 0 Å². The van der Waals surface area contributed by atoms with Crippen LogP contribution in [0.1, 0.15) is 80.6 Å². The summed E-state index contributed by atoms with van der Waals surface area (Å²) in [5, 5.41) is 48.1.